The molecule has 2 fully saturated rings. The van der Waals surface area contributed by atoms with Gasteiger partial charge < -0.3 is 91.0 Å². The molecule has 1 aromatic carbocycles. The average molecular weight is 1270 g/mol. The van der Waals surface area contributed by atoms with Gasteiger partial charge in [-0.1, -0.05) is 98.9 Å². The van der Waals surface area contributed by atoms with Crippen LogP contribution in [0.5, 0.6) is 0 Å². The summed E-state index contributed by atoms with van der Waals surface area (Å²) in [5.74, 6) is -7.92. The maximum atomic E-state index is 14.1. The molecule has 3 aliphatic rings. The highest BCUT2D eigenvalue weighted by molar-refractivity contribution is 5.96. The number of fused-ring (bicyclic) bond motifs is 2. The van der Waals surface area contributed by atoms with Gasteiger partial charge in [0.05, 0.1) is 86.0 Å². The lowest BCUT2D eigenvalue weighted by Gasteiger charge is -2.48. The van der Waals surface area contributed by atoms with Crippen molar-refractivity contribution in [1.82, 2.24) is 20.4 Å². The van der Waals surface area contributed by atoms with E-state index in [0.29, 0.717) is 18.5 Å². The molecule has 90 heavy (non-hydrogen) atoms. The summed E-state index contributed by atoms with van der Waals surface area (Å²) in [6.45, 7) is 5.88. The van der Waals surface area contributed by atoms with Gasteiger partial charge in [0.1, 0.15) is 24.1 Å². The number of amides is 2. The lowest BCUT2D eigenvalue weighted by Crippen LogP contribution is -2.65. The number of hydrogen-bond acceptors (Lipinski definition) is 21. The normalized spacial score (nSPS) is 32.7. The summed E-state index contributed by atoms with van der Waals surface area (Å²) in [5, 5.41) is 122. The van der Waals surface area contributed by atoms with Crippen LogP contribution in [0.25, 0.3) is 0 Å². The molecule has 19 atom stereocenters. The van der Waals surface area contributed by atoms with Crippen LogP contribution in [0.4, 0.5) is 5.69 Å². The Morgan fingerprint density at radius 2 is 1.26 bits per heavy atom. The number of ketones is 2. The van der Waals surface area contributed by atoms with E-state index in [1.54, 1.807) is 136 Å². The van der Waals surface area contributed by atoms with Crippen molar-refractivity contribution in [2.75, 3.05) is 60.2 Å². The number of anilines is 1. The standard InChI is InChI=1S/C67H103N5O18/c1-42-21-19-17-15-13-11-9-10-12-14-16-18-20-22-46(65-63(85)61(62(84)44(3)88-65)70-58(82)41-72(7)8)31-57-60(66(86)69-29-30-71(5)6)56(81)40-67(87,90-57)39-54(79)36-52(77)34-50(75)32-49(74)33-51(76)35-53(78)38-59(83)89-64(42)43(2)23-28-48(73)37-55(80)45-24-26-47(68-4)27-25-45/h9-22,24-27,42-44,46,48-50,52-54,56-57,60-65,68,73-75,77-79,81,84-85,87H,23,28-41H2,1-8H3,(H,69,86)(H,70,82)/t42-,43-,44+,46-,48?,49+,50-,52-,53+,54-,56-,57?,60+,61-,62+,63-,64-,65+,67+/m0/s1. The average Bonchev–Trinajstić information content (AvgIpc) is 0.822. The molecule has 4 rings (SSSR count). The number of cyclic esters (lactones) is 1. The third-order valence-electron chi connectivity index (χ3n) is 16.2. The number of nitrogens with one attached hydrogen (secondary N) is 3. The van der Waals surface area contributed by atoms with Crippen molar-refractivity contribution in [2.24, 2.45) is 23.7 Å². The Hall–Kier alpha value is -5.61. The predicted molar refractivity (Wildman–Crippen MR) is 340 cm³/mol. The first-order chi connectivity index (χ1) is 42.6. The van der Waals surface area contributed by atoms with Gasteiger partial charge in [-0.3, -0.25) is 24.0 Å². The second kappa shape index (κ2) is 39.1. The number of allylic oxidation sites excluding steroid dienone is 12. The maximum absolute atomic E-state index is 14.1. The molecule has 3 heterocycles. The van der Waals surface area contributed by atoms with E-state index in [4.69, 9.17) is 14.2 Å². The molecule has 2 bridgehead atoms. The molecule has 23 nitrogen and oxygen atoms in total. The zero-order valence-electron chi connectivity index (χ0n) is 53.5. The lowest BCUT2D eigenvalue weighted by atomic mass is 9.77. The molecule has 0 aromatic heterocycles. The Morgan fingerprint density at radius 3 is 1.84 bits per heavy atom. The number of likely N-dealkylation sites (N-methyl/N-ethyl adjacent to an activating group) is 2. The number of rotatable bonds is 16. The van der Waals surface area contributed by atoms with Crippen molar-refractivity contribution in [3.8, 4) is 0 Å². The minimum Gasteiger partial charge on any atom is -0.461 e. The molecule has 3 aliphatic heterocycles. The van der Waals surface area contributed by atoms with Gasteiger partial charge in [0.25, 0.3) is 0 Å². The first kappa shape index (κ1) is 76.8. The number of hydrogen-bond donors (Lipinski definition) is 13. The molecule has 1 aromatic rings. The number of esters is 1. The minimum absolute atomic E-state index is 0.0462. The molecule has 2 unspecified atom stereocenters. The van der Waals surface area contributed by atoms with Gasteiger partial charge in [-0.25, -0.2) is 0 Å². The first-order valence-corrected chi connectivity index (χ1v) is 31.3. The van der Waals surface area contributed by atoms with Crippen LogP contribution in [0.2, 0.25) is 0 Å². The number of carbonyl (C=O) groups excluding carboxylic acids is 5. The molecule has 2 amide bonds. The summed E-state index contributed by atoms with van der Waals surface area (Å²) in [5.41, 5.74) is 1.30. The Labute approximate surface area is 530 Å². The van der Waals surface area contributed by atoms with Gasteiger partial charge >= 0.3 is 5.97 Å². The van der Waals surface area contributed by atoms with Crippen molar-refractivity contribution in [2.45, 2.75) is 189 Å². The van der Waals surface area contributed by atoms with E-state index < -0.39 is 172 Å². The van der Waals surface area contributed by atoms with E-state index in [1.807, 2.05) is 38.9 Å². The number of carbonyl (C=O) groups is 5. The largest absolute Gasteiger partial charge is 0.461 e. The third-order valence-corrected chi connectivity index (χ3v) is 16.2. The summed E-state index contributed by atoms with van der Waals surface area (Å²) in [6, 6.07) is 5.72. The van der Waals surface area contributed by atoms with Gasteiger partial charge in [-0.2, -0.15) is 0 Å². The van der Waals surface area contributed by atoms with Crippen LogP contribution in [-0.4, -0.2) is 236 Å². The summed E-state index contributed by atoms with van der Waals surface area (Å²) in [7, 11) is 8.78. The number of aliphatic hydroxyl groups is 10. The predicted octanol–water partition coefficient (Wildman–Crippen LogP) is 2.33. The van der Waals surface area contributed by atoms with E-state index in [1.165, 1.54) is 0 Å². The SMILES string of the molecule is CNc1ccc(C(=O)CC(O)CC[C@H](C)[C@H]2OC(=O)C[C@H](O)CC(=O)C[C@H](O)C[C@H](O)C[C@H](O)C[C@H](O)C[C@]3(O)C[C@H](O)[C@@H](C(=O)NCCN(C)C)C(C[C@@H]([C@H]4O[C@H](C)[C@@H](O)[C@H](NC(=O)CN(C)C)[C@@H]4O)C=CC=CC=CC=CC=CC=CC=C[C@@H]2C)O3)cc1. The van der Waals surface area contributed by atoms with E-state index >= 15 is 0 Å². The van der Waals surface area contributed by atoms with Crippen molar-refractivity contribution < 1.29 is 89.2 Å². The second-order valence-electron chi connectivity index (χ2n) is 25.0. The zero-order valence-corrected chi connectivity index (χ0v) is 53.5. The van der Waals surface area contributed by atoms with E-state index in [-0.39, 0.29) is 56.4 Å². The summed E-state index contributed by atoms with van der Waals surface area (Å²) in [6.07, 6.45) is 4.30. The van der Waals surface area contributed by atoms with Crippen LogP contribution in [-0.2, 0) is 33.4 Å². The summed E-state index contributed by atoms with van der Waals surface area (Å²) in [4.78, 5) is 70.0. The molecular weight excluding hydrogens is 1160 g/mol. The van der Waals surface area contributed by atoms with Gasteiger partial charge in [-0.05, 0) is 104 Å². The number of benzene rings is 1. The Bertz CT molecular complexity index is 2590. The van der Waals surface area contributed by atoms with Crippen molar-refractivity contribution in [1.29, 1.82) is 0 Å². The molecule has 2 saturated heterocycles. The molecule has 23 heteroatoms. The van der Waals surface area contributed by atoms with E-state index in [2.05, 4.69) is 16.0 Å². The van der Waals surface area contributed by atoms with Gasteiger partial charge in [-0.15, -0.1) is 0 Å². The molecule has 0 radical (unpaired) electrons. The van der Waals surface area contributed by atoms with Gasteiger partial charge in [0.15, 0.2) is 11.6 Å². The van der Waals surface area contributed by atoms with E-state index in [0.717, 1.165) is 5.69 Å². The zero-order chi connectivity index (χ0) is 66.7. The second-order valence-corrected chi connectivity index (χ2v) is 25.0. The van der Waals surface area contributed by atoms with Crippen LogP contribution >= 0.6 is 0 Å². The minimum atomic E-state index is -2.31. The molecule has 0 saturated carbocycles. The van der Waals surface area contributed by atoms with Crippen molar-refractivity contribution >= 4 is 35.0 Å². The quantitative estimate of drug-likeness (QED) is 0.0834. The van der Waals surface area contributed by atoms with Crippen LogP contribution in [0.1, 0.15) is 108 Å². The molecular formula is C67H103N5O18. The van der Waals surface area contributed by atoms with Crippen LogP contribution in [0, 0.1) is 23.7 Å². The third kappa shape index (κ3) is 27.3. The molecule has 13 N–H and O–H groups in total. The number of Topliss-reactive ketones (excluding diaryl/α,β-unsaturated/α-hetero) is 2. The van der Waals surface area contributed by atoms with Crippen molar-refractivity contribution in [3.63, 3.8) is 0 Å². The number of aliphatic hydroxyl groups excluding tert-OH is 9. The highest BCUT2D eigenvalue weighted by atomic mass is 16.6. The molecule has 504 valence electrons. The summed E-state index contributed by atoms with van der Waals surface area (Å²) >= 11 is 0. The van der Waals surface area contributed by atoms with Crippen LogP contribution < -0.4 is 16.0 Å². The smallest absolute Gasteiger partial charge is 0.308 e. The molecule has 0 spiro atoms. The van der Waals surface area contributed by atoms with Gasteiger partial charge in [0.2, 0.25) is 11.8 Å². The monoisotopic (exact) mass is 1270 g/mol. The number of ether oxygens (including phenoxy) is 3. The fourth-order valence-corrected chi connectivity index (χ4v) is 11.6. The first-order valence-electron chi connectivity index (χ1n) is 31.3. The van der Waals surface area contributed by atoms with Crippen LogP contribution in [0.3, 0.4) is 0 Å². The molecule has 0 aliphatic carbocycles. The Morgan fingerprint density at radius 1 is 0.689 bits per heavy atom. The fraction of sp³-hybridized carbons (Fsp3) is 0.627. The lowest BCUT2D eigenvalue weighted by molar-refractivity contribution is -0.299. The topological polar surface area (TPSA) is 358 Å². The highest BCUT2D eigenvalue weighted by Crippen LogP contribution is 2.40. The Balaban J connectivity index is 1.64. The van der Waals surface area contributed by atoms with Crippen molar-refractivity contribution in [3.05, 3.63) is 115 Å². The Kier molecular flexibility index (Phi) is 33.3. The summed E-state index contributed by atoms with van der Waals surface area (Å²) < 4.78 is 18.6. The highest BCUT2D eigenvalue weighted by Gasteiger charge is 2.52. The van der Waals surface area contributed by atoms with Gasteiger partial charge in [0, 0.05) is 75.3 Å². The maximum Gasteiger partial charge on any atom is 0.308 e. The van der Waals surface area contributed by atoms with Crippen LogP contribution in [0.15, 0.2) is 109 Å². The van der Waals surface area contributed by atoms with E-state index in [9.17, 15) is 75.0 Å². The number of nitrogens with zero attached hydrogens (tertiary/aromatic N) is 2. The fourth-order valence-electron chi connectivity index (χ4n) is 11.6.